The molecule has 0 heterocycles. The Kier molecular flexibility index (Phi) is 5.74. The van der Waals surface area contributed by atoms with Crippen molar-refractivity contribution in [3.63, 3.8) is 0 Å². The van der Waals surface area contributed by atoms with Gasteiger partial charge >= 0.3 is 6.09 Å². The smallest absolute Gasteiger partial charge is 0.407 e. The lowest BCUT2D eigenvalue weighted by Crippen LogP contribution is -2.33. The van der Waals surface area contributed by atoms with Crippen molar-refractivity contribution in [1.82, 2.24) is 5.32 Å². The van der Waals surface area contributed by atoms with Gasteiger partial charge in [-0.25, -0.2) is 4.79 Å². The monoisotopic (exact) mass is 325 g/mol. The van der Waals surface area contributed by atoms with Crippen LogP contribution in [0.5, 0.6) is 0 Å². The van der Waals surface area contributed by atoms with Gasteiger partial charge in [0, 0.05) is 17.7 Å². The predicted octanol–water partition coefficient (Wildman–Crippen LogP) is 3.98. The summed E-state index contributed by atoms with van der Waals surface area (Å²) in [6.07, 6.45) is 0.114. The van der Waals surface area contributed by atoms with E-state index in [1.165, 1.54) is 0 Å². The summed E-state index contributed by atoms with van der Waals surface area (Å²) in [6, 6.07) is 16.7. The Bertz CT molecular complexity index is 702. The molecule has 1 amide bonds. The van der Waals surface area contributed by atoms with Crippen molar-refractivity contribution in [3.8, 4) is 0 Å². The molecule has 4 nitrogen and oxygen atoms in total. The summed E-state index contributed by atoms with van der Waals surface area (Å²) >= 11 is 0. The lowest BCUT2D eigenvalue weighted by molar-refractivity contribution is 0.0528. The van der Waals surface area contributed by atoms with E-state index in [2.05, 4.69) is 5.32 Å². The molecule has 4 heteroatoms. The first kappa shape index (κ1) is 17.7. The molecule has 0 atom stereocenters. The van der Waals surface area contributed by atoms with Crippen LogP contribution in [0.3, 0.4) is 0 Å². The van der Waals surface area contributed by atoms with Crippen LogP contribution in [0.2, 0.25) is 0 Å². The number of carbonyl (C=O) groups excluding carboxylic acids is 2. The Morgan fingerprint density at radius 1 is 0.958 bits per heavy atom. The fourth-order valence-corrected chi connectivity index (χ4v) is 2.32. The number of hydrogen-bond acceptors (Lipinski definition) is 3. The molecule has 0 aromatic heterocycles. The molecule has 1 N–H and O–H groups in total. The van der Waals surface area contributed by atoms with Crippen LogP contribution in [0.15, 0.2) is 54.6 Å². The van der Waals surface area contributed by atoms with Crippen LogP contribution >= 0.6 is 0 Å². The number of carbonyl (C=O) groups is 2. The number of alkyl carbamates (subject to hydrolysis) is 1. The summed E-state index contributed by atoms with van der Waals surface area (Å²) in [6.45, 7) is 5.87. The van der Waals surface area contributed by atoms with Gasteiger partial charge in [0.25, 0.3) is 0 Å². The summed E-state index contributed by atoms with van der Waals surface area (Å²) in [5.41, 5.74) is 1.70. The average Bonchev–Trinajstić information content (AvgIpc) is 2.54. The van der Waals surface area contributed by atoms with Crippen LogP contribution < -0.4 is 5.32 Å². The van der Waals surface area contributed by atoms with Gasteiger partial charge in [-0.15, -0.1) is 0 Å². The van der Waals surface area contributed by atoms with Crippen molar-refractivity contribution in [2.45, 2.75) is 32.8 Å². The highest BCUT2D eigenvalue weighted by Gasteiger charge is 2.16. The highest BCUT2D eigenvalue weighted by atomic mass is 16.6. The second-order valence-electron chi connectivity index (χ2n) is 6.53. The third kappa shape index (κ3) is 5.23. The number of ether oxygens (including phenoxy) is 1. The summed E-state index contributed by atoms with van der Waals surface area (Å²) in [7, 11) is 0. The van der Waals surface area contributed by atoms with Crippen molar-refractivity contribution in [3.05, 3.63) is 71.3 Å². The van der Waals surface area contributed by atoms with Gasteiger partial charge in [0.1, 0.15) is 5.60 Å². The summed E-state index contributed by atoms with van der Waals surface area (Å²) in [5.74, 6) is -0.0107. The van der Waals surface area contributed by atoms with Crippen molar-refractivity contribution < 1.29 is 14.3 Å². The number of rotatable bonds is 5. The molecule has 0 aliphatic rings. The summed E-state index contributed by atoms with van der Waals surface area (Å²) in [5, 5.41) is 2.72. The number of hydrogen-bond donors (Lipinski definition) is 1. The van der Waals surface area contributed by atoms with Crippen molar-refractivity contribution in [2.75, 3.05) is 6.54 Å². The largest absolute Gasteiger partial charge is 0.444 e. The molecule has 0 spiro atoms. The molecule has 0 fully saturated rings. The first-order valence-electron chi connectivity index (χ1n) is 8.01. The van der Waals surface area contributed by atoms with Crippen LogP contribution in [0.25, 0.3) is 0 Å². The second-order valence-corrected chi connectivity index (χ2v) is 6.53. The molecule has 0 saturated heterocycles. The van der Waals surface area contributed by atoms with E-state index in [9.17, 15) is 9.59 Å². The highest BCUT2D eigenvalue weighted by molar-refractivity contribution is 6.09. The number of ketones is 1. The minimum atomic E-state index is -0.523. The zero-order valence-electron chi connectivity index (χ0n) is 14.3. The molecule has 0 radical (unpaired) electrons. The van der Waals surface area contributed by atoms with E-state index in [1.54, 1.807) is 12.1 Å². The molecular formula is C20H23NO3. The van der Waals surface area contributed by atoms with Crippen LogP contribution in [-0.2, 0) is 11.2 Å². The van der Waals surface area contributed by atoms with E-state index in [-0.39, 0.29) is 5.78 Å². The summed E-state index contributed by atoms with van der Waals surface area (Å²) < 4.78 is 5.21. The van der Waals surface area contributed by atoms with Crippen LogP contribution in [-0.4, -0.2) is 24.0 Å². The standard InChI is InChI=1S/C20H23NO3/c1-20(2,3)24-19(23)21-14-13-15-9-7-8-12-17(15)18(22)16-10-5-4-6-11-16/h4-12H,13-14H2,1-3H3,(H,21,23). The van der Waals surface area contributed by atoms with Gasteiger partial charge in [0.15, 0.2) is 5.78 Å². The quantitative estimate of drug-likeness (QED) is 0.846. The van der Waals surface area contributed by atoms with E-state index in [0.29, 0.717) is 24.1 Å². The number of benzene rings is 2. The van der Waals surface area contributed by atoms with E-state index >= 15 is 0 Å². The van der Waals surface area contributed by atoms with Gasteiger partial charge in [-0.3, -0.25) is 4.79 Å². The average molecular weight is 325 g/mol. The fraction of sp³-hybridized carbons (Fsp3) is 0.300. The van der Waals surface area contributed by atoms with E-state index in [0.717, 1.165) is 5.56 Å². The van der Waals surface area contributed by atoms with E-state index in [1.807, 2.05) is 63.2 Å². The molecule has 0 aliphatic heterocycles. The van der Waals surface area contributed by atoms with Crippen molar-refractivity contribution in [1.29, 1.82) is 0 Å². The topological polar surface area (TPSA) is 55.4 Å². The Labute approximate surface area is 142 Å². The molecule has 0 aliphatic carbocycles. The van der Waals surface area contributed by atoms with E-state index < -0.39 is 11.7 Å². The molecule has 2 rings (SSSR count). The second kappa shape index (κ2) is 7.77. The van der Waals surface area contributed by atoms with Gasteiger partial charge in [-0.05, 0) is 32.8 Å². The Morgan fingerprint density at radius 3 is 2.25 bits per heavy atom. The molecular weight excluding hydrogens is 302 g/mol. The van der Waals surface area contributed by atoms with Crippen molar-refractivity contribution in [2.24, 2.45) is 0 Å². The van der Waals surface area contributed by atoms with Crippen LogP contribution in [0.1, 0.15) is 42.3 Å². The lowest BCUT2D eigenvalue weighted by atomic mass is 9.97. The third-order valence-electron chi connectivity index (χ3n) is 3.36. The Balaban J connectivity index is 2.02. The minimum Gasteiger partial charge on any atom is -0.444 e. The fourth-order valence-electron chi connectivity index (χ4n) is 2.32. The first-order valence-corrected chi connectivity index (χ1v) is 8.01. The number of amides is 1. The molecule has 126 valence electrons. The number of nitrogens with one attached hydrogen (secondary N) is 1. The van der Waals surface area contributed by atoms with Gasteiger partial charge in [-0.2, -0.15) is 0 Å². The van der Waals surface area contributed by atoms with Crippen molar-refractivity contribution >= 4 is 11.9 Å². The zero-order chi connectivity index (χ0) is 17.6. The summed E-state index contributed by atoms with van der Waals surface area (Å²) in [4.78, 5) is 24.3. The van der Waals surface area contributed by atoms with Gasteiger partial charge in [-0.1, -0.05) is 54.6 Å². The predicted molar refractivity (Wildman–Crippen MR) is 94.3 cm³/mol. The van der Waals surface area contributed by atoms with E-state index in [4.69, 9.17) is 4.74 Å². The van der Waals surface area contributed by atoms with Crippen LogP contribution in [0.4, 0.5) is 4.79 Å². The van der Waals surface area contributed by atoms with Gasteiger partial charge < -0.3 is 10.1 Å². The molecule has 0 bridgehead atoms. The maximum absolute atomic E-state index is 12.6. The Hall–Kier alpha value is -2.62. The molecule has 0 unspecified atom stereocenters. The zero-order valence-corrected chi connectivity index (χ0v) is 14.3. The van der Waals surface area contributed by atoms with Gasteiger partial charge in [0.2, 0.25) is 0 Å². The first-order chi connectivity index (χ1) is 11.4. The van der Waals surface area contributed by atoms with Crippen LogP contribution in [0, 0.1) is 0 Å². The van der Waals surface area contributed by atoms with Gasteiger partial charge in [0.05, 0.1) is 0 Å². The lowest BCUT2D eigenvalue weighted by Gasteiger charge is -2.19. The Morgan fingerprint density at radius 2 is 1.58 bits per heavy atom. The maximum Gasteiger partial charge on any atom is 0.407 e. The maximum atomic E-state index is 12.6. The molecule has 2 aromatic carbocycles. The normalized spacial score (nSPS) is 11.0. The third-order valence-corrected chi connectivity index (χ3v) is 3.36. The minimum absolute atomic E-state index is 0.0107. The molecule has 2 aromatic rings. The molecule has 0 saturated carbocycles. The highest BCUT2D eigenvalue weighted by Crippen LogP contribution is 2.15. The SMILES string of the molecule is CC(C)(C)OC(=O)NCCc1ccccc1C(=O)c1ccccc1. The molecule has 24 heavy (non-hydrogen) atoms.